The summed E-state index contributed by atoms with van der Waals surface area (Å²) >= 11 is 0. The van der Waals surface area contributed by atoms with E-state index in [9.17, 15) is 9.90 Å². The topological polar surface area (TPSA) is 89.3 Å². The number of carbonyl (C=O) groups excluding carboxylic acids is 1. The first-order valence-electron chi connectivity index (χ1n) is 8.10. The van der Waals surface area contributed by atoms with E-state index in [1.165, 1.54) is 0 Å². The highest BCUT2D eigenvalue weighted by molar-refractivity contribution is 5.76. The Labute approximate surface area is 140 Å². The average Bonchev–Trinajstić information content (AvgIpc) is 3.09. The smallest absolute Gasteiger partial charge is 0.222 e. The van der Waals surface area contributed by atoms with Crippen LogP contribution in [0.4, 0.5) is 0 Å². The minimum absolute atomic E-state index is 0.0345. The first kappa shape index (κ1) is 16.4. The monoisotopic (exact) mass is 330 g/mol. The van der Waals surface area contributed by atoms with Crippen LogP contribution in [0.25, 0.3) is 0 Å². The van der Waals surface area contributed by atoms with E-state index in [0.29, 0.717) is 31.7 Å². The van der Waals surface area contributed by atoms with Crippen LogP contribution in [0.5, 0.6) is 5.88 Å². The molecule has 2 aromatic heterocycles. The van der Waals surface area contributed by atoms with Gasteiger partial charge in [-0.05, 0) is 30.4 Å². The summed E-state index contributed by atoms with van der Waals surface area (Å²) in [5.74, 6) is 0.729. The number of aromatic nitrogens is 3. The van der Waals surface area contributed by atoms with Gasteiger partial charge in [-0.1, -0.05) is 6.07 Å². The standard InChI is InChI=1S/C17H22N4O3/c1-24-16-4-3-12(11-18-16)17(13-9-14(22)10-13)20-15(23)5-8-21-7-2-6-19-21/h2-4,6-7,11,13-14,17,22H,5,8-10H2,1H3,(H,20,23)/t13?,14?,17-/m1/s1. The Kier molecular flexibility index (Phi) is 5.10. The number of aryl methyl sites for hydroxylation is 1. The number of hydrogen-bond donors (Lipinski definition) is 2. The van der Waals surface area contributed by atoms with Gasteiger partial charge in [-0.3, -0.25) is 9.48 Å². The quantitative estimate of drug-likeness (QED) is 0.799. The van der Waals surface area contributed by atoms with Gasteiger partial charge in [0, 0.05) is 37.6 Å². The summed E-state index contributed by atoms with van der Waals surface area (Å²) in [4.78, 5) is 16.5. The molecule has 1 atom stereocenters. The Balaban J connectivity index is 1.64. The molecule has 1 saturated carbocycles. The van der Waals surface area contributed by atoms with Gasteiger partial charge in [0.05, 0.1) is 19.3 Å². The first-order chi connectivity index (χ1) is 11.7. The molecule has 7 nitrogen and oxygen atoms in total. The van der Waals surface area contributed by atoms with Gasteiger partial charge >= 0.3 is 0 Å². The van der Waals surface area contributed by atoms with E-state index in [2.05, 4.69) is 15.4 Å². The number of amides is 1. The number of nitrogens with zero attached hydrogens (tertiary/aromatic N) is 3. The molecule has 2 heterocycles. The van der Waals surface area contributed by atoms with Gasteiger partial charge in [0.1, 0.15) is 0 Å². The van der Waals surface area contributed by atoms with Gasteiger partial charge in [0.2, 0.25) is 11.8 Å². The van der Waals surface area contributed by atoms with Gasteiger partial charge in [-0.25, -0.2) is 4.98 Å². The lowest BCUT2D eigenvalue weighted by Gasteiger charge is -2.38. The normalized spacial score (nSPS) is 20.9. The Hall–Kier alpha value is -2.41. The second-order valence-corrected chi connectivity index (χ2v) is 6.08. The maximum Gasteiger partial charge on any atom is 0.222 e. The van der Waals surface area contributed by atoms with E-state index >= 15 is 0 Å². The predicted molar refractivity (Wildman–Crippen MR) is 87.2 cm³/mol. The summed E-state index contributed by atoms with van der Waals surface area (Å²) in [6.07, 6.45) is 6.72. The fourth-order valence-electron chi connectivity index (χ4n) is 2.97. The average molecular weight is 330 g/mol. The second-order valence-electron chi connectivity index (χ2n) is 6.08. The lowest BCUT2D eigenvalue weighted by molar-refractivity contribution is -0.123. The third-order valence-electron chi connectivity index (χ3n) is 4.39. The van der Waals surface area contributed by atoms with Gasteiger partial charge in [0.25, 0.3) is 0 Å². The van der Waals surface area contributed by atoms with Crippen molar-refractivity contribution in [2.24, 2.45) is 5.92 Å². The van der Waals surface area contributed by atoms with Gasteiger partial charge in [0.15, 0.2) is 0 Å². The van der Waals surface area contributed by atoms with E-state index in [4.69, 9.17) is 4.74 Å². The van der Waals surface area contributed by atoms with Crippen LogP contribution >= 0.6 is 0 Å². The van der Waals surface area contributed by atoms with Crippen LogP contribution in [0, 0.1) is 5.92 Å². The molecule has 0 radical (unpaired) electrons. The van der Waals surface area contributed by atoms with Crippen molar-refractivity contribution >= 4 is 5.91 Å². The fraction of sp³-hybridized carbons (Fsp3) is 0.471. The van der Waals surface area contributed by atoms with Crippen molar-refractivity contribution in [3.63, 3.8) is 0 Å². The van der Waals surface area contributed by atoms with Crippen LogP contribution in [0.2, 0.25) is 0 Å². The number of aliphatic hydroxyl groups excluding tert-OH is 1. The van der Waals surface area contributed by atoms with Gasteiger partial charge < -0.3 is 15.2 Å². The Morgan fingerprint density at radius 2 is 2.33 bits per heavy atom. The summed E-state index contributed by atoms with van der Waals surface area (Å²) in [5, 5.41) is 16.8. The molecule has 1 amide bonds. The molecule has 0 aliphatic heterocycles. The summed E-state index contributed by atoms with van der Waals surface area (Å²) in [6.45, 7) is 0.541. The van der Waals surface area contributed by atoms with Crippen LogP contribution in [-0.4, -0.2) is 39.0 Å². The number of hydrogen-bond acceptors (Lipinski definition) is 5. The van der Waals surface area contributed by atoms with E-state index in [-0.39, 0.29) is 24.0 Å². The lowest BCUT2D eigenvalue weighted by atomic mass is 9.75. The third-order valence-corrected chi connectivity index (χ3v) is 4.39. The molecule has 0 saturated heterocycles. The number of aliphatic hydroxyl groups is 1. The zero-order valence-electron chi connectivity index (χ0n) is 13.6. The molecule has 2 N–H and O–H groups in total. The van der Waals surface area contributed by atoms with E-state index < -0.39 is 0 Å². The van der Waals surface area contributed by atoms with Crippen molar-refractivity contribution in [3.8, 4) is 5.88 Å². The maximum absolute atomic E-state index is 12.3. The van der Waals surface area contributed by atoms with E-state index in [1.54, 1.807) is 30.3 Å². The van der Waals surface area contributed by atoms with E-state index in [1.807, 2.05) is 18.3 Å². The van der Waals surface area contributed by atoms with Crippen LogP contribution in [0.15, 0.2) is 36.8 Å². The maximum atomic E-state index is 12.3. The van der Waals surface area contributed by atoms with Crippen LogP contribution in [0.1, 0.15) is 30.9 Å². The molecule has 1 aliphatic carbocycles. The zero-order chi connectivity index (χ0) is 16.9. The molecule has 2 aromatic rings. The van der Waals surface area contributed by atoms with Crippen molar-refractivity contribution in [2.75, 3.05) is 7.11 Å². The fourth-order valence-corrected chi connectivity index (χ4v) is 2.97. The SMILES string of the molecule is COc1ccc([C@@H](NC(=O)CCn2cccn2)C2CC(O)C2)cn1. The predicted octanol–water partition coefficient (Wildman–Crippen LogP) is 1.31. The highest BCUT2D eigenvalue weighted by Gasteiger charge is 2.35. The molecule has 0 bridgehead atoms. The number of nitrogens with one attached hydrogen (secondary N) is 1. The highest BCUT2D eigenvalue weighted by Crippen LogP contribution is 2.38. The van der Waals surface area contributed by atoms with E-state index in [0.717, 1.165) is 5.56 Å². The molecule has 1 aliphatic rings. The third kappa shape index (κ3) is 3.91. The Morgan fingerprint density at radius 3 is 2.92 bits per heavy atom. The number of pyridine rings is 1. The van der Waals surface area contributed by atoms with Gasteiger partial charge in [-0.2, -0.15) is 5.10 Å². The summed E-state index contributed by atoms with van der Waals surface area (Å²) in [5.41, 5.74) is 0.931. The van der Waals surface area contributed by atoms with Crippen molar-refractivity contribution in [1.82, 2.24) is 20.1 Å². The van der Waals surface area contributed by atoms with Gasteiger partial charge in [-0.15, -0.1) is 0 Å². The second kappa shape index (κ2) is 7.44. The minimum atomic E-state index is -0.273. The number of methoxy groups -OCH3 is 1. The molecular formula is C17H22N4O3. The zero-order valence-corrected chi connectivity index (χ0v) is 13.6. The number of rotatable bonds is 7. The summed E-state index contributed by atoms with van der Waals surface area (Å²) in [7, 11) is 1.57. The molecule has 3 rings (SSSR count). The lowest BCUT2D eigenvalue weighted by Crippen LogP contribution is -2.41. The van der Waals surface area contributed by atoms with Crippen LogP contribution in [-0.2, 0) is 11.3 Å². The molecule has 128 valence electrons. The minimum Gasteiger partial charge on any atom is -0.481 e. The van der Waals surface area contributed by atoms with Crippen LogP contribution in [0.3, 0.4) is 0 Å². The summed E-state index contributed by atoms with van der Waals surface area (Å²) < 4.78 is 6.81. The molecule has 0 unspecified atom stereocenters. The molecule has 7 heteroatoms. The van der Waals surface area contributed by atoms with Crippen molar-refractivity contribution < 1.29 is 14.6 Å². The molecular weight excluding hydrogens is 308 g/mol. The number of carbonyl (C=O) groups is 1. The number of ether oxygens (including phenoxy) is 1. The Bertz CT molecular complexity index is 651. The highest BCUT2D eigenvalue weighted by atomic mass is 16.5. The Morgan fingerprint density at radius 1 is 1.50 bits per heavy atom. The first-order valence-corrected chi connectivity index (χ1v) is 8.10. The molecule has 24 heavy (non-hydrogen) atoms. The van der Waals surface area contributed by atoms with Crippen molar-refractivity contribution in [3.05, 3.63) is 42.4 Å². The molecule has 1 fully saturated rings. The molecule has 0 aromatic carbocycles. The summed E-state index contributed by atoms with van der Waals surface area (Å²) in [6, 6.07) is 5.39. The molecule has 0 spiro atoms. The van der Waals surface area contributed by atoms with Crippen molar-refractivity contribution in [2.45, 2.75) is 38.0 Å². The van der Waals surface area contributed by atoms with Crippen LogP contribution < -0.4 is 10.1 Å². The largest absolute Gasteiger partial charge is 0.481 e. The van der Waals surface area contributed by atoms with Crippen molar-refractivity contribution in [1.29, 1.82) is 0 Å².